The predicted octanol–water partition coefficient (Wildman–Crippen LogP) is 15.3. The van der Waals surface area contributed by atoms with Crippen molar-refractivity contribution in [3.8, 4) is 112 Å². The van der Waals surface area contributed by atoms with Crippen molar-refractivity contribution in [3.05, 3.63) is 249 Å². The lowest BCUT2D eigenvalue weighted by Gasteiger charge is -2.14. The Balaban J connectivity index is 0.883. The first-order valence-electron chi connectivity index (χ1n) is 22.0. The second kappa shape index (κ2) is 18.0. The Labute approximate surface area is 384 Å². The van der Waals surface area contributed by atoms with Crippen LogP contribution in [0.1, 0.15) is 0 Å². The zero-order valence-corrected chi connectivity index (χ0v) is 35.9. The summed E-state index contributed by atoms with van der Waals surface area (Å²) in [5, 5.41) is 0. The third kappa shape index (κ3) is 8.57. The first kappa shape index (κ1) is 39.9. The minimum absolute atomic E-state index is 0.704. The van der Waals surface area contributed by atoms with E-state index < -0.39 is 0 Å². The molecule has 11 aromatic rings. The lowest BCUT2D eigenvalue weighted by atomic mass is 9.93. The second-order valence-corrected chi connectivity index (χ2v) is 16.2. The minimum atomic E-state index is 0.704. The van der Waals surface area contributed by atoms with E-state index in [4.69, 9.17) is 19.9 Å². The number of hydrogen-bond acceptors (Lipinski definition) is 5. The Kier molecular flexibility index (Phi) is 10.9. The van der Waals surface area contributed by atoms with Gasteiger partial charge >= 0.3 is 0 Å². The van der Waals surface area contributed by atoms with Gasteiger partial charge in [0.25, 0.3) is 0 Å². The fourth-order valence-electron chi connectivity index (χ4n) is 8.34. The summed E-state index contributed by atoms with van der Waals surface area (Å²) in [6.07, 6.45) is 3.75. The van der Waals surface area contributed by atoms with Gasteiger partial charge in [-0.2, -0.15) is 0 Å². The van der Waals surface area contributed by atoms with Crippen LogP contribution in [0.25, 0.3) is 112 Å². The third-order valence-electron chi connectivity index (χ3n) is 11.8. The van der Waals surface area contributed by atoms with Crippen molar-refractivity contribution in [2.24, 2.45) is 0 Å². The molecule has 4 aromatic heterocycles. The number of benzene rings is 7. The van der Waals surface area contributed by atoms with Crippen LogP contribution in [-0.2, 0) is 0 Å². The van der Waals surface area contributed by atoms with E-state index in [1.54, 1.807) is 0 Å². The van der Waals surface area contributed by atoms with Gasteiger partial charge in [0.1, 0.15) is 0 Å². The molecule has 0 N–H and O–H groups in total. The topological polar surface area (TPSA) is 64.5 Å². The summed E-state index contributed by atoms with van der Waals surface area (Å²) in [5.74, 6) is 0.704. The number of aromatic nitrogens is 5. The van der Waals surface area contributed by atoms with Crippen LogP contribution in [0.15, 0.2) is 249 Å². The van der Waals surface area contributed by atoms with E-state index in [-0.39, 0.29) is 0 Å². The maximum atomic E-state index is 5.14. The van der Waals surface area contributed by atoms with Crippen molar-refractivity contribution in [2.75, 3.05) is 0 Å². The van der Waals surface area contributed by atoms with E-state index in [1.807, 2.05) is 67.0 Å². The average molecular weight is 844 g/mol. The van der Waals surface area contributed by atoms with Crippen LogP contribution in [0.3, 0.4) is 0 Å². The van der Waals surface area contributed by atoms with Gasteiger partial charge in [0.2, 0.25) is 0 Å². The third-order valence-corrected chi connectivity index (χ3v) is 11.8. The van der Waals surface area contributed by atoms with Gasteiger partial charge in [-0.05, 0) is 105 Å². The number of rotatable bonds is 10. The molecule has 0 aliphatic carbocycles. The van der Waals surface area contributed by atoms with Crippen LogP contribution in [0.2, 0.25) is 0 Å². The van der Waals surface area contributed by atoms with Crippen molar-refractivity contribution in [2.45, 2.75) is 0 Å². The van der Waals surface area contributed by atoms with E-state index in [0.29, 0.717) is 5.82 Å². The van der Waals surface area contributed by atoms with Crippen LogP contribution in [0.4, 0.5) is 0 Å². The molecule has 0 atom stereocenters. The molecule has 0 spiro atoms. The van der Waals surface area contributed by atoms with Crippen LogP contribution in [-0.4, -0.2) is 24.9 Å². The van der Waals surface area contributed by atoms with Gasteiger partial charge in [-0.15, -0.1) is 0 Å². The molecule has 0 aliphatic heterocycles. The molecule has 310 valence electrons. The summed E-state index contributed by atoms with van der Waals surface area (Å²) < 4.78 is 0. The quantitative estimate of drug-likeness (QED) is 0.137. The Morgan fingerprint density at radius 1 is 0.197 bits per heavy atom. The second-order valence-electron chi connectivity index (χ2n) is 16.2. The van der Waals surface area contributed by atoms with Crippen molar-refractivity contribution in [1.82, 2.24) is 24.9 Å². The zero-order chi connectivity index (χ0) is 44.1. The molecule has 0 bridgehead atoms. The molecule has 0 saturated carbocycles. The van der Waals surface area contributed by atoms with Crippen LogP contribution < -0.4 is 0 Å². The maximum Gasteiger partial charge on any atom is 0.160 e. The number of pyridine rings is 3. The van der Waals surface area contributed by atoms with E-state index in [1.165, 1.54) is 0 Å². The van der Waals surface area contributed by atoms with Crippen LogP contribution in [0, 0.1) is 0 Å². The van der Waals surface area contributed by atoms with Gasteiger partial charge in [0.15, 0.2) is 5.82 Å². The van der Waals surface area contributed by atoms with E-state index in [0.717, 1.165) is 106 Å². The van der Waals surface area contributed by atoms with Gasteiger partial charge in [-0.3, -0.25) is 9.97 Å². The first-order chi connectivity index (χ1) is 32.7. The maximum absolute atomic E-state index is 5.14. The number of hydrogen-bond donors (Lipinski definition) is 0. The summed E-state index contributed by atoms with van der Waals surface area (Å²) in [5.41, 5.74) is 19.1. The molecule has 0 radical (unpaired) electrons. The van der Waals surface area contributed by atoms with Gasteiger partial charge in [-0.25, -0.2) is 15.0 Å². The fourth-order valence-corrected chi connectivity index (χ4v) is 8.34. The highest BCUT2D eigenvalue weighted by atomic mass is 14.9. The van der Waals surface area contributed by atoms with Crippen molar-refractivity contribution < 1.29 is 0 Å². The standard InChI is InChI=1S/C61H41N5/c1-5-15-42(16-6-1)51-35-52(43-17-7-2-8-18-43)37-53(36-51)54-38-59(55-23-13-14-34-62-55)64-60(39-54)56-33-32-50(41-63-56)46-26-24-44(25-27-46)45-28-30-48(31-29-45)58-40-57(47-19-9-3-10-20-47)65-61(66-58)49-21-11-4-12-22-49/h1-41H. The molecule has 0 fully saturated rings. The number of nitrogens with zero attached hydrogens (tertiary/aromatic N) is 5. The normalized spacial score (nSPS) is 11.0. The molecule has 0 saturated heterocycles. The molecule has 0 amide bonds. The lowest BCUT2D eigenvalue weighted by molar-refractivity contribution is 1.18. The van der Waals surface area contributed by atoms with E-state index >= 15 is 0 Å². The highest BCUT2D eigenvalue weighted by Gasteiger charge is 2.15. The van der Waals surface area contributed by atoms with Crippen LogP contribution >= 0.6 is 0 Å². The van der Waals surface area contributed by atoms with Crippen molar-refractivity contribution >= 4 is 0 Å². The van der Waals surface area contributed by atoms with Crippen LogP contribution in [0.5, 0.6) is 0 Å². The highest BCUT2D eigenvalue weighted by molar-refractivity contribution is 5.84. The van der Waals surface area contributed by atoms with Crippen molar-refractivity contribution in [3.63, 3.8) is 0 Å². The summed E-state index contributed by atoms with van der Waals surface area (Å²) in [6.45, 7) is 0. The summed E-state index contributed by atoms with van der Waals surface area (Å²) in [7, 11) is 0. The molecule has 66 heavy (non-hydrogen) atoms. The summed E-state index contributed by atoms with van der Waals surface area (Å²) in [6, 6.07) is 82.0. The molecule has 7 aromatic carbocycles. The molecular formula is C61H41N5. The SMILES string of the molecule is c1ccc(-c2cc(-c3ccccc3)cc(-c3cc(-c4ccccn4)nc(-c4ccc(-c5ccc(-c6ccc(-c7cc(-c8ccccc8)nc(-c8ccccc8)n7)cc6)cc5)cn4)c3)c2)cc1. The Hall–Kier alpha value is -8.93. The molecule has 5 heteroatoms. The summed E-state index contributed by atoms with van der Waals surface area (Å²) >= 11 is 0. The average Bonchev–Trinajstić information content (AvgIpc) is 3.42. The lowest BCUT2D eigenvalue weighted by Crippen LogP contribution is -1.95. The van der Waals surface area contributed by atoms with Gasteiger partial charge < -0.3 is 0 Å². The van der Waals surface area contributed by atoms with Gasteiger partial charge in [0, 0.05) is 34.6 Å². The molecule has 4 heterocycles. The molecule has 11 rings (SSSR count). The Morgan fingerprint density at radius 3 is 1.06 bits per heavy atom. The summed E-state index contributed by atoms with van der Waals surface area (Å²) in [4.78, 5) is 24.8. The highest BCUT2D eigenvalue weighted by Crippen LogP contribution is 2.37. The minimum Gasteiger partial charge on any atom is -0.255 e. The predicted molar refractivity (Wildman–Crippen MR) is 270 cm³/mol. The molecule has 0 unspecified atom stereocenters. The fraction of sp³-hybridized carbons (Fsp3) is 0. The Bertz CT molecular complexity index is 3280. The largest absolute Gasteiger partial charge is 0.255 e. The van der Waals surface area contributed by atoms with E-state index in [9.17, 15) is 0 Å². The van der Waals surface area contributed by atoms with Crippen molar-refractivity contribution in [1.29, 1.82) is 0 Å². The van der Waals surface area contributed by atoms with Gasteiger partial charge in [-0.1, -0.05) is 182 Å². The Morgan fingerprint density at radius 2 is 0.576 bits per heavy atom. The molecule has 0 aliphatic rings. The van der Waals surface area contributed by atoms with E-state index in [2.05, 4.69) is 187 Å². The zero-order valence-electron chi connectivity index (χ0n) is 35.9. The first-order valence-corrected chi connectivity index (χ1v) is 22.0. The molecule has 5 nitrogen and oxygen atoms in total. The monoisotopic (exact) mass is 843 g/mol. The molecular weight excluding hydrogens is 803 g/mol. The van der Waals surface area contributed by atoms with Gasteiger partial charge in [0.05, 0.1) is 34.2 Å². The smallest absolute Gasteiger partial charge is 0.160 e.